The van der Waals surface area contributed by atoms with Gasteiger partial charge in [0.25, 0.3) is 0 Å². The Labute approximate surface area is 186 Å². The fraction of sp³-hybridized carbons (Fsp3) is 0.0870. The molecule has 0 aliphatic carbocycles. The van der Waals surface area contributed by atoms with Crippen molar-refractivity contribution in [2.24, 2.45) is 7.05 Å². The molecule has 0 atom stereocenters. The predicted molar refractivity (Wildman–Crippen MR) is 118 cm³/mol. The van der Waals surface area contributed by atoms with E-state index in [9.17, 15) is 13.6 Å². The fourth-order valence-electron chi connectivity index (χ4n) is 3.47. The standard InChI is InChI=1S/C23H17F2N7O/c1-31-13-14(2-3-21(31)33)19-11-27-18(9-28-19)10-29-22-23-30-12-20(32(23)5-4-26-22)15-6-16(24)8-17(25)7-15/h2-9,11-13H,10H2,1H3,(H,26,29). The number of rotatable bonds is 5. The van der Waals surface area contributed by atoms with E-state index in [0.29, 0.717) is 40.7 Å². The first kappa shape index (κ1) is 20.4. The number of hydrogen-bond acceptors (Lipinski definition) is 6. The Morgan fingerprint density at radius 1 is 0.939 bits per heavy atom. The highest BCUT2D eigenvalue weighted by Gasteiger charge is 2.12. The lowest BCUT2D eigenvalue weighted by Crippen LogP contribution is -2.14. The van der Waals surface area contributed by atoms with Crippen LogP contribution in [0.2, 0.25) is 0 Å². The zero-order valence-corrected chi connectivity index (χ0v) is 17.4. The van der Waals surface area contributed by atoms with E-state index < -0.39 is 11.6 Å². The van der Waals surface area contributed by atoms with Crippen LogP contribution in [0.3, 0.4) is 0 Å². The molecule has 5 rings (SSSR count). The third kappa shape index (κ3) is 4.05. The number of nitrogens with zero attached hydrogens (tertiary/aromatic N) is 6. The molecule has 0 unspecified atom stereocenters. The van der Waals surface area contributed by atoms with Crippen LogP contribution in [-0.2, 0) is 13.6 Å². The highest BCUT2D eigenvalue weighted by atomic mass is 19.1. The number of hydrogen-bond donors (Lipinski definition) is 1. The molecule has 10 heteroatoms. The van der Waals surface area contributed by atoms with E-state index in [1.807, 2.05) is 0 Å². The summed E-state index contributed by atoms with van der Waals surface area (Å²) in [6.45, 7) is 0.337. The molecule has 4 aromatic heterocycles. The number of fused-ring (bicyclic) bond motifs is 1. The van der Waals surface area contributed by atoms with E-state index in [2.05, 4.69) is 25.3 Å². The maximum absolute atomic E-state index is 13.7. The second-order valence-corrected chi connectivity index (χ2v) is 7.38. The van der Waals surface area contributed by atoms with Crippen LogP contribution in [0.1, 0.15) is 5.69 Å². The van der Waals surface area contributed by atoms with Gasteiger partial charge >= 0.3 is 0 Å². The Morgan fingerprint density at radius 3 is 2.48 bits per heavy atom. The van der Waals surface area contributed by atoms with E-state index in [4.69, 9.17) is 0 Å². The van der Waals surface area contributed by atoms with Crippen LogP contribution in [0.15, 0.2) is 72.3 Å². The first-order valence-electron chi connectivity index (χ1n) is 9.98. The van der Waals surface area contributed by atoms with Gasteiger partial charge < -0.3 is 9.88 Å². The third-order valence-electron chi connectivity index (χ3n) is 5.11. The number of aromatic nitrogens is 6. The molecule has 0 bridgehead atoms. The number of aryl methyl sites for hydroxylation is 1. The van der Waals surface area contributed by atoms with Crippen LogP contribution < -0.4 is 10.9 Å². The maximum atomic E-state index is 13.7. The summed E-state index contributed by atoms with van der Waals surface area (Å²) in [5, 5.41) is 3.18. The zero-order chi connectivity index (χ0) is 22.9. The van der Waals surface area contributed by atoms with Crippen LogP contribution in [0.4, 0.5) is 14.6 Å². The summed E-state index contributed by atoms with van der Waals surface area (Å²) in [6.07, 6.45) is 9.77. The predicted octanol–water partition coefficient (Wildman–Crippen LogP) is 3.44. The number of benzene rings is 1. The molecular weight excluding hydrogens is 428 g/mol. The van der Waals surface area contributed by atoms with Gasteiger partial charge in [0.15, 0.2) is 11.5 Å². The summed E-state index contributed by atoms with van der Waals surface area (Å²) in [7, 11) is 1.68. The van der Waals surface area contributed by atoms with E-state index in [0.717, 1.165) is 11.6 Å². The molecule has 33 heavy (non-hydrogen) atoms. The minimum absolute atomic E-state index is 0.0983. The summed E-state index contributed by atoms with van der Waals surface area (Å²) in [5.74, 6) is -0.830. The molecule has 4 heterocycles. The van der Waals surface area contributed by atoms with Gasteiger partial charge in [-0.05, 0) is 18.2 Å². The molecule has 0 aliphatic heterocycles. The normalized spacial score (nSPS) is 11.1. The smallest absolute Gasteiger partial charge is 0.250 e. The van der Waals surface area contributed by atoms with E-state index >= 15 is 0 Å². The third-order valence-corrected chi connectivity index (χ3v) is 5.11. The van der Waals surface area contributed by atoms with E-state index in [-0.39, 0.29) is 5.56 Å². The lowest BCUT2D eigenvalue weighted by Gasteiger charge is -2.08. The zero-order valence-electron chi connectivity index (χ0n) is 17.4. The number of halogens is 2. The van der Waals surface area contributed by atoms with Crippen molar-refractivity contribution < 1.29 is 8.78 Å². The summed E-state index contributed by atoms with van der Waals surface area (Å²) in [5.41, 5.74) is 3.42. The minimum Gasteiger partial charge on any atom is -0.361 e. The largest absolute Gasteiger partial charge is 0.361 e. The van der Waals surface area contributed by atoms with Crippen molar-refractivity contribution in [1.82, 2.24) is 28.9 Å². The number of imidazole rings is 1. The molecule has 1 aromatic carbocycles. The van der Waals surface area contributed by atoms with Gasteiger partial charge in [-0.1, -0.05) is 0 Å². The van der Waals surface area contributed by atoms with Crippen molar-refractivity contribution in [1.29, 1.82) is 0 Å². The summed E-state index contributed by atoms with van der Waals surface area (Å²) < 4.78 is 30.5. The molecule has 0 saturated heterocycles. The molecule has 5 aromatic rings. The lowest BCUT2D eigenvalue weighted by atomic mass is 10.1. The van der Waals surface area contributed by atoms with Gasteiger partial charge in [0, 0.05) is 48.9 Å². The van der Waals surface area contributed by atoms with Crippen LogP contribution in [0.25, 0.3) is 28.2 Å². The van der Waals surface area contributed by atoms with Crippen molar-refractivity contribution in [2.45, 2.75) is 6.54 Å². The maximum Gasteiger partial charge on any atom is 0.250 e. The van der Waals surface area contributed by atoms with Gasteiger partial charge in [0.1, 0.15) is 11.6 Å². The van der Waals surface area contributed by atoms with Crippen molar-refractivity contribution in [3.8, 4) is 22.5 Å². The SMILES string of the molecule is Cn1cc(-c2cnc(CNc3nccn4c(-c5cc(F)cc(F)c5)cnc34)cn2)ccc1=O. The molecule has 1 N–H and O–H groups in total. The van der Waals surface area contributed by atoms with E-state index in [1.165, 1.54) is 29.0 Å². The van der Waals surface area contributed by atoms with Crippen molar-refractivity contribution >= 4 is 11.5 Å². The Balaban J connectivity index is 1.37. The number of nitrogens with one attached hydrogen (secondary N) is 1. The quantitative estimate of drug-likeness (QED) is 0.446. The van der Waals surface area contributed by atoms with Gasteiger partial charge in [-0.2, -0.15) is 0 Å². The lowest BCUT2D eigenvalue weighted by molar-refractivity contribution is 0.584. The van der Waals surface area contributed by atoms with Gasteiger partial charge in [0.05, 0.1) is 42.2 Å². The average molecular weight is 445 g/mol. The number of anilines is 1. The Morgan fingerprint density at radius 2 is 1.76 bits per heavy atom. The second-order valence-electron chi connectivity index (χ2n) is 7.38. The van der Waals surface area contributed by atoms with Crippen LogP contribution >= 0.6 is 0 Å². The molecule has 0 spiro atoms. The van der Waals surface area contributed by atoms with Crippen LogP contribution in [0.5, 0.6) is 0 Å². The summed E-state index contributed by atoms with van der Waals surface area (Å²) in [4.78, 5) is 29.1. The Kier molecular flexibility index (Phi) is 5.09. The second kappa shape index (κ2) is 8.23. The van der Waals surface area contributed by atoms with Crippen molar-refractivity contribution in [2.75, 3.05) is 5.32 Å². The highest BCUT2D eigenvalue weighted by molar-refractivity contribution is 5.70. The molecular formula is C23H17F2N7O. The Hall–Kier alpha value is -4.47. The van der Waals surface area contributed by atoms with Gasteiger partial charge in [-0.15, -0.1) is 0 Å². The molecule has 8 nitrogen and oxygen atoms in total. The van der Waals surface area contributed by atoms with Crippen molar-refractivity contribution in [3.63, 3.8) is 0 Å². The summed E-state index contributed by atoms with van der Waals surface area (Å²) >= 11 is 0. The fourth-order valence-corrected chi connectivity index (χ4v) is 3.47. The highest BCUT2D eigenvalue weighted by Crippen LogP contribution is 2.25. The minimum atomic E-state index is -0.660. The Bertz CT molecular complexity index is 1510. The van der Waals surface area contributed by atoms with Gasteiger partial charge in [-0.25, -0.2) is 18.7 Å². The van der Waals surface area contributed by atoms with Crippen LogP contribution in [-0.4, -0.2) is 28.9 Å². The van der Waals surface area contributed by atoms with Gasteiger partial charge in [-0.3, -0.25) is 19.2 Å². The molecule has 164 valence electrons. The van der Waals surface area contributed by atoms with Gasteiger partial charge in [0.2, 0.25) is 5.56 Å². The molecule has 0 amide bonds. The van der Waals surface area contributed by atoms with Crippen molar-refractivity contribution in [3.05, 3.63) is 95.2 Å². The van der Waals surface area contributed by atoms with E-state index in [1.54, 1.807) is 48.5 Å². The average Bonchev–Trinajstić information content (AvgIpc) is 3.24. The topological polar surface area (TPSA) is 90.0 Å². The first-order chi connectivity index (χ1) is 16.0. The number of pyridine rings is 1. The molecule has 0 fully saturated rings. The summed E-state index contributed by atoms with van der Waals surface area (Å²) in [6, 6.07) is 6.52. The molecule has 0 radical (unpaired) electrons. The molecule has 0 aliphatic rings. The van der Waals surface area contributed by atoms with Crippen LogP contribution in [0, 0.1) is 11.6 Å². The first-order valence-corrected chi connectivity index (χ1v) is 9.98. The molecule has 0 saturated carbocycles. The monoisotopic (exact) mass is 445 g/mol.